The quantitative estimate of drug-likeness (QED) is 0.459. The van der Waals surface area contributed by atoms with Crippen LogP contribution in [0.2, 0.25) is 5.02 Å². The molecule has 0 spiro atoms. The van der Waals surface area contributed by atoms with E-state index in [-0.39, 0.29) is 23.1 Å². The second kappa shape index (κ2) is 11.0. The molecule has 0 saturated carbocycles. The van der Waals surface area contributed by atoms with Gasteiger partial charge < -0.3 is 9.84 Å². The minimum absolute atomic E-state index is 0.0475. The first-order chi connectivity index (χ1) is 17.1. The van der Waals surface area contributed by atoms with Crippen molar-refractivity contribution in [2.75, 3.05) is 13.1 Å². The summed E-state index contributed by atoms with van der Waals surface area (Å²) in [4.78, 5) is 12.9. The molecule has 3 aromatic rings. The number of carbonyl (C=O) groups excluding carboxylic acids is 1. The number of benzene rings is 2. The molecule has 1 N–H and O–H groups in total. The summed E-state index contributed by atoms with van der Waals surface area (Å²) in [6.45, 7) is 6.43. The van der Waals surface area contributed by atoms with Crippen molar-refractivity contribution >= 4 is 39.7 Å². The number of aryl methyl sites for hydroxylation is 3. The molecule has 9 heteroatoms. The summed E-state index contributed by atoms with van der Waals surface area (Å²) in [6.07, 6.45) is 4.70. The number of halogens is 1. The van der Waals surface area contributed by atoms with Gasteiger partial charge in [0.25, 0.3) is 0 Å². The van der Waals surface area contributed by atoms with Crippen LogP contribution in [0.5, 0.6) is 0 Å². The molecule has 1 atom stereocenters. The number of piperidine rings is 1. The van der Waals surface area contributed by atoms with Crippen molar-refractivity contribution in [3.63, 3.8) is 0 Å². The van der Waals surface area contributed by atoms with Crippen LogP contribution in [-0.4, -0.2) is 36.9 Å². The molecule has 1 aliphatic heterocycles. The molecule has 2 aromatic carbocycles. The Morgan fingerprint density at radius 1 is 1.17 bits per heavy atom. The summed E-state index contributed by atoms with van der Waals surface area (Å²) in [5.41, 5.74) is 4.37. The summed E-state index contributed by atoms with van der Waals surface area (Å²) < 4.78 is 34.1. The van der Waals surface area contributed by atoms with Gasteiger partial charge in [0.05, 0.1) is 5.92 Å². The maximum atomic E-state index is 13.6. The second-order valence-corrected chi connectivity index (χ2v) is 11.5. The predicted octanol–water partition coefficient (Wildman–Crippen LogP) is 5.14. The van der Waals surface area contributed by atoms with Crippen molar-refractivity contribution in [1.29, 1.82) is 0 Å². The van der Waals surface area contributed by atoms with Gasteiger partial charge >= 0.3 is 0 Å². The van der Waals surface area contributed by atoms with Gasteiger partial charge in [0.1, 0.15) is 5.69 Å². The summed E-state index contributed by atoms with van der Waals surface area (Å²) >= 11 is 5.92. The number of sulfonamides is 1. The molecule has 4 rings (SSSR count). The summed E-state index contributed by atoms with van der Waals surface area (Å²) in [5, 5.41) is 7.48. The largest absolute Gasteiger partial charge is 0.355 e. The van der Waals surface area contributed by atoms with E-state index in [1.807, 2.05) is 50.3 Å². The van der Waals surface area contributed by atoms with Gasteiger partial charge in [-0.3, -0.25) is 4.79 Å². The highest BCUT2D eigenvalue weighted by atomic mass is 35.5. The molecular weight excluding hydrogens is 498 g/mol. The molecule has 36 heavy (non-hydrogen) atoms. The van der Waals surface area contributed by atoms with Gasteiger partial charge in [-0.1, -0.05) is 58.7 Å². The average Bonchev–Trinajstić information content (AvgIpc) is 3.25. The van der Waals surface area contributed by atoms with Crippen LogP contribution < -0.4 is 5.32 Å². The van der Waals surface area contributed by atoms with Gasteiger partial charge in [0.2, 0.25) is 15.9 Å². The minimum Gasteiger partial charge on any atom is -0.355 e. The molecule has 7 nitrogen and oxygen atoms in total. The van der Waals surface area contributed by atoms with Gasteiger partial charge in [-0.05, 0) is 68.5 Å². The van der Waals surface area contributed by atoms with Crippen LogP contribution in [0.25, 0.3) is 12.2 Å². The Labute approximate surface area is 217 Å². The van der Waals surface area contributed by atoms with Crippen LogP contribution in [0.3, 0.4) is 0 Å². The zero-order valence-corrected chi connectivity index (χ0v) is 22.2. The number of nitrogens with zero attached hydrogens (tertiary/aromatic N) is 2. The lowest BCUT2D eigenvalue weighted by atomic mass is 9.99. The van der Waals surface area contributed by atoms with Gasteiger partial charge in [-0.25, -0.2) is 8.42 Å². The Bertz CT molecular complexity index is 1380. The van der Waals surface area contributed by atoms with E-state index in [0.29, 0.717) is 36.6 Å². The SMILES string of the molecule is Cc1ccc(C)c(/C=C/c2onc(C)c2S(=O)(=O)N2CCC[C@H](C(=O)NCc3ccc(Cl)cc3)C2)c1. The molecule has 1 saturated heterocycles. The highest BCUT2D eigenvalue weighted by Crippen LogP contribution is 2.29. The molecule has 0 bridgehead atoms. The third-order valence-corrected chi connectivity index (χ3v) is 8.69. The van der Waals surface area contributed by atoms with Gasteiger partial charge in [-0.2, -0.15) is 4.31 Å². The molecular formula is C27H30ClN3O4S. The third kappa shape index (κ3) is 5.88. The lowest BCUT2D eigenvalue weighted by Crippen LogP contribution is -2.45. The highest BCUT2D eigenvalue weighted by molar-refractivity contribution is 7.89. The molecule has 1 amide bonds. The normalized spacial score (nSPS) is 16.9. The number of nitrogens with one attached hydrogen (secondary N) is 1. The first-order valence-corrected chi connectivity index (χ1v) is 13.7. The number of aromatic nitrogens is 1. The van der Waals surface area contributed by atoms with E-state index in [1.54, 1.807) is 25.1 Å². The Balaban J connectivity index is 1.49. The van der Waals surface area contributed by atoms with Crippen LogP contribution in [0.1, 0.15) is 46.5 Å². The molecule has 2 heterocycles. The molecule has 1 aliphatic rings. The molecule has 0 unspecified atom stereocenters. The second-order valence-electron chi connectivity index (χ2n) is 9.20. The molecule has 190 valence electrons. The predicted molar refractivity (Wildman–Crippen MR) is 141 cm³/mol. The van der Waals surface area contributed by atoms with Crippen LogP contribution >= 0.6 is 11.6 Å². The van der Waals surface area contributed by atoms with Gasteiger partial charge in [0.15, 0.2) is 10.7 Å². The van der Waals surface area contributed by atoms with E-state index in [9.17, 15) is 13.2 Å². The number of hydrogen-bond donors (Lipinski definition) is 1. The lowest BCUT2D eigenvalue weighted by Gasteiger charge is -2.31. The number of amides is 1. The lowest BCUT2D eigenvalue weighted by molar-refractivity contribution is -0.126. The Kier molecular flexibility index (Phi) is 7.97. The maximum Gasteiger partial charge on any atom is 0.248 e. The van der Waals surface area contributed by atoms with Crippen LogP contribution in [0.15, 0.2) is 51.9 Å². The standard InChI is InChI=1S/C27H30ClN3O4S/c1-18-6-7-19(2)22(15-18)10-13-25-26(20(3)30-35-25)36(33,34)31-14-4-5-23(17-31)27(32)29-16-21-8-11-24(28)12-9-21/h6-13,15,23H,4-5,14,16-17H2,1-3H3,(H,29,32)/b13-10+/t23-/m0/s1. The summed E-state index contributed by atoms with van der Waals surface area (Å²) in [5.74, 6) is -0.417. The summed E-state index contributed by atoms with van der Waals surface area (Å²) in [7, 11) is -3.91. The fourth-order valence-corrected chi connectivity index (χ4v) is 6.24. The summed E-state index contributed by atoms with van der Waals surface area (Å²) in [6, 6.07) is 13.3. The van der Waals surface area contributed by atoms with Gasteiger partial charge in [-0.15, -0.1) is 0 Å². The van der Waals surface area contributed by atoms with Crippen molar-refractivity contribution in [3.8, 4) is 0 Å². The topological polar surface area (TPSA) is 92.5 Å². The number of hydrogen-bond acceptors (Lipinski definition) is 5. The first-order valence-electron chi connectivity index (χ1n) is 11.9. The molecule has 0 radical (unpaired) electrons. The fourth-order valence-electron chi connectivity index (χ4n) is 4.34. The molecule has 0 aliphatic carbocycles. The highest BCUT2D eigenvalue weighted by Gasteiger charge is 2.36. The number of rotatable bonds is 7. The maximum absolute atomic E-state index is 13.6. The first kappa shape index (κ1) is 26.1. The average molecular weight is 528 g/mol. The van der Waals surface area contributed by atoms with Crippen molar-refractivity contribution < 1.29 is 17.7 Å². The van der Waals surface area contributed by atoms with Gasteiger partial charge in [0, 0.05) is 24.7 Å². The van der Waals surface area contributed by atoms with E-state index in [4.69, 9.17) is 16.1 Å². The van der Waals surface area contributed by atoms with E-state index in [2.05, 4.69) is 10.5 Å². The van der Waals surface area contributed by atoms with E-state index in [0.717, 1.165) is 22.3 Å². The van der Waals surface area contributed by atoms with Crippen molar-refractivity contribution in [3.05, 3.63) is 81.2 Å². The Morgan fingerprint density at radius 3 is 2.67 bits per heavy atom. The number of carbonyl (C=O) groups is 1. The third-order valence-electron chi connectivity index (χ3n) is 6.42. The minimum atomic E-state index is -3.91. The smallest absolute Gasteiger partial charge is 0.248 e. The molecule has 1 fully saturated rings. The van der Waals surface area contributed by atoms with E-state index in [1.165, 1.54) is 4.31 Å². The van der Waals surface area contributed by atoms with Crippen LogP contribution in [-0.2, 0) is 21.4 Å². The molecule has 1 aromatic heterocycles. The zero-order valence-electron chi connectivity index (χ0n) is 20.6. The Hall–Kier alpha value is -2.94. The Morgan fingerprint density at radius 2 is 1.92 bits per heavy atom. The van der Waals surface area contributed by atoms with Crippen molar-refractivity contribution in [1.82, 2.24) is 14.8 Å². The van der Waals surface area contributed by atoms with Crippen LogP contribution in [0.4, 0.5) is 0 Å². The van der Waals surface area contributed by atoms with Crippen LogP contribution in [0, 0.1) is 26.7 Å². The van der Waals surface area contributed by atoms with E-state index < -0.39 is 15.9 Å². The van der Waals surface area contributed by atoms with E-state index >= 15 is 0 Å². The van der Waals surface area contributed by atoms with Crippen molar-refractivity contribution in [2.45, 2.75) is 45.1 Å². The fraction of sp³-hybridized carbons (Fsp3) is 0.333. The zero-order chi connectivity index (χ0) is 25.9. The monoisotopic (exact) mass is 527 g/mol. The van der Waals surface area contributed by atoms with Crippen molar-refractivity contribution in [2.24, 2.45) is 5.92 Å².